The van der Waals surface area contributed by atoms with Crippen molar-refractivity contribution >= 4 is 29.5 Å². The Morgan fingerprint density at radius 1 is 1.32 bits per heavy atom. The van der Waals surface area contributed by atoms with Crippen molar-refractivity contribution in [1.29, 1.82) is 0 Å². The number of hydrogen-bond acceptors (Lipinski definition) is 7. The van der Waals surface area contributed by atoms with Crippen LogP contribution in [-0.2, 0) is 9.59 Å². The number of anilines is 1. The van der Waals surface area contributed by atoms with Crippen LogP contribution in [0.4, 0.5) is 5.95 Å². The molecule has 1 unspecified atom stereocenters. The first kappa shape index (κ1) is 18.0. The number of nitrogen functional groups attached to an aromatic ring is 1. The van der Waals surface area contributed by atoms with Crippen molar-refractivity contribution in [3.05, 3.63) is 0 Å². The van der Waals surface area contributed by atoms with E-state index in [1.165, 1.54) is 11.8 Å². The normalized spacial score (nSPS) is 25.4. The van der Waals surface area contributed by atoms with Gasteiger partial charge in [0.25, 0.3) is 0 Å². The molecule has 2 aliphatic rings. The summed E-state index contributed by atoms with van der Waals surface area (Å²) in [4.78, 5) is 34.7. The zero-order valence-corrected chi connectivity index (χ0v) is 15.5. The quantitative estimate of drug-likeness (QED) is 0.701. The number of carbonyl (C=O) groups excluding carboxylic acids is 2. The van der Waals surface area contributed by atoms with Crippen molar-refractivity contribution in [2.24, 2.45) is 0 Å². The second-order valence-electron chi connectivity index (χ2n) is 6.82. The Balaban J connectivity index is 1.63. The average Bonchev–Trinajstić information content (AvgIpc) is 2.96. The standard InChI is InChI=1S/C15H25N7O2S/c1-20-6-5-15(4-3-11(20)23)10-22(8-7-21(15)2)12(24)9-25-14-17-13(16)18-19-14/h3-10H2,1-2H3,(H3,16,17,18,19). The van der Waals surface area contributed by atoms with Gasteiger partial charge in [-0.3, -0.25) is 14.5 Å². The minimum atomic E-state index is -0.117. The summed E-state index contributed by atoms with van der Waals surface area (Å²) in [6.45, 7) is 2.93. The van der Waals surface area contributed by atoms with E-state index in [0.717, 1.165) is 25.9 Å². The van der Waals surface area contributed by atoms with Crippen molar-refractivity contribution in [2.75, 3.05) is 51.8 Å². The number of nitrogens with one attached hydrogen (secondary N) is 1. The molecule has 3 rings (SSSR count). The maximum Gasteiger partial charge on any atom is 0.233 e. The number of H-pyrrole nitrogens is 1. The fraction of sp³-hybridized carbons (Fsp3) is 0.733. The second-order valence-corrected chi connectivity index (χ2v) is 7.76. The number of hydrogen-bond donors (Lipinski definition) is 2. The summed E-state index contributed by atoms with van der Waals surface area (Å²) in [7, 11) is 3.95. The Kier molecular flexibility index (Phi) is 5.19. The zero-order chi connectivity index (χ0) is 18.0. The van der Waals surface area contributed by atoms with Crippen LogP contribution in [0, 0.1) is 0 Å². The van der Waals surface area contributed by atoms with Crippen molar-refractivity contribution in [3.8, 4) is 0 Å². The van der Waals surface area contributed by atoms with E-state index in [2.05, 4.69) is 27.1 Å². The number of amides is 2. The first-order chi connectivity index (χ1) is 11.9. The SMILES string of the molecule is CN1CCC2(CCC1=O)CN(C(=O)CSc1n[nH]c(N)n1)CCN2C. The van der Waals surface area contributed by atoms with E-state index in [1.54, 1.807) is 4.90 Å². The van der Waals surface area contributed by atoms with Gasteiger partial charge in [-0.15, -0.1) is 5.10 Å². The highest BCUT2D eigenvalue weighted by Gasteiger charge is 2.42. The van der Waals surface area contributed by atoms with Crippen molar-refractivity contribution in [2.45, 2.75) is 30.0 Å². The molecular weight excluding hydrogens is 342 g/mol. The van der Waals surface area contributed by atoms with Gasteiger partial charge in [-0.1, -0.05) is 11.8 Å². The molecule has 1 atom stereocenters. The molecule has 3 N–H and O–H groups in total. The van der Waals surface area contributed by atoms with E-state index >= 15 is 0 Å². The molecule has 0 aromatic carbocycles. The molecule has 0 bridgehead atoms. The lowest BCUT2D eigenvalue weighted by atomic mass is 9.86. The minimum Gasteiger partial charge on any atom is -0.368 e. The third kappa shape index (κ3) is 3.90. The van der Waals surface area contributed by atoms with Crippen LogP contribution in [0.5, 0.6) is 0 Å². The number of thioether (sulfide) groups is 1. The molecule has 9 nitrogen and oxygen atoms in total. The van der Waals surface area contributed by atoms with Crippen LogP contribution in [-0.4, -0.2) is 93.3 Å². The Hall–Kier alpha value is -1.81. The van der Waals surface area contributed by atoms with Gasteiger partial charge in [0.2, 0.25) is 22.9 Å². The molecular formula is C15H25N7O2S. The van der Waals surface area contributed by atoms with Gasteiger partial charge in [-0.05, 0) is 19.9 Å². The molecule has 2 fully saturated rings. The highest BCUT2D eigenvalue weighted by molar-refractivity contribution is 7.99. The summed E-state index contributed by atoms with van der Waals surface area (Å²) in [5.41, 5.74) is 5.38. The van der Waals surface area contributed by atoms with Gasteiger partial charge in [0.15, 0.2) is 0 Å². The molecule has 1 aromatic heterocycles. The first-order valence-corrected chi connectivity index (χ1v) is 9.42. The van der Waals surface area contributed by atoms with Gasteiger partial charge in [0.1, 0.15) is 0 Å². The number of nitrogens with zero attached hydrogens (tertiary/aromatic N) is 5. The Morgan fingerprint density at radius 2 is 2.12 bits per heavy atom. The lowest BCUT2D eigenvalue weighted by Gasteiger charge is -2.49. The average molecular weight is 367 g/mol. The van der Waals surface area contributed by atoms with Gasteiger partial charge in [0.05, 0.1) is 5.75 Å². The van der Waals surface area contributed by atoms with E-state index in [0.29, 0.717) is 24.7 Å². The van der Waals surface area contributed by atoms with Crippen molar-refractivity contribution in [3.63, 3.8) is 0 Å². The van der Waals surface area contributed by atoms with Gasteiger partial charge in [-0.2, -0.15) is 4.98 Å². The summed E-state index contributed by atoms with van der Waals surface area (Å²) in [6, 6.07) is 0. The van der Waals surface area contributed by atoms with Gasteiger partial charge < -0.3 is 15.5 Å². The minimum absolute atomic E-state index is 0.0739. The highest BCUT2D eigenvalue weighted by atomic mass is 32.2. The summed E-state index contributed by atoms with van der Waals surface area (Å²) in [5.74, 6) is 0.799. The van der Waals surface area contributed by atoms with Crippen molar-refractivity contribution in [1.82, 2.24) is 29.9 Å². The highest BCUT2D eigenvalue weighted by Crippen LogP contribution is 2.32. The third-order valence-electron chi connectivity index (χ3n) is 5.30. The lowest BCUT2D eigenvalue weighted by molar-refractivity contribution is -0.134. The molecule has 138 valence electrons. The van der Waals surface area contributed by atoms with Crippen LogP contribution in [0.25, 0.3) is 0 Å². The summed E-state index contributed by atoms with van der Waals surface area (Å²) < 4.78 is 0. The van der Waals surface area contributed by atoms with E-state index in [9.17, 15) is 9.59 Å². The van der Waals surface area contributed by atoms with Crippen LogP contribution in [0.1, 0.15) is 19.3 Å². The molecule has 2 amide bonds. The summed E-state index contributed by atoms with van der Waals surface area (Å²) in [5, 5.41) is 6.99. The van der Waals surface area contributed by atoms with Crippen LogP contribution < -0.4 is 5.73 Å². The smallest absolute Gasteiger partial charge is 0.233 e. The number of likely N-dealkylation sites (tertiary alicyclic amines) is 1. The molecule has 0 aliphatic carbocycles. The van der Waals surface area contributed by atoms with Gasteiger partial charge >= 0.3 is 0 Å². The monoisotopic (exact) mass is 367 g/mol. The summed E-state index contributed by atoms with van der Waals surface area (Å²) in [6.07, 6.45) is 2.22. The van der Waals surface area contributed by atoms with Crippen molar-refractivity contribution < 1.29 is 9.59 Å². The largest absolute Gasteiger partial charge is 0.368 e. The summed E-state index contributed by atoms with van der Waals surface area (Å²) >= 11 is 1.28. The number of aromatic nitrogens is 3. The molecule has 25 heavy (non-hydrogen) atoms. The number of nitrogens with two attached hydrogens (primary N) is 1. The number of likely N-dealkylation sites (N-methyl/N-ethyl adjacent to an activating group) is 1. The Bertz CT molecular complexity index is 652. The molecule has 1 spiro atoms. The maximum absolute atomic E-state index is 12.6. The predicted molar refractivity (Wildman–Crippen MR) is 94.9 cm³/mol. The molecule has 2 saturated heterocycles. The van der Waals surface area contributed by atoms with E-state index in [1.807, 2.05) is 11.9 Å². The van der Waals surface area contributed by atoms with Gasteiger partial charge in [0, 0.05) is 45.2 Å². The maximum atomic E-state index is 12.6. The number of piperazine rings is 1. The number of aromatic amines is 1. The topological polar surface area (TPSA) is 111 Å². The fourth-order valence-electron chi connectivity index (χ4n) is 3.51. The molecule has 1 aromatic rings. The molecule has 2 aliphatic heterocycles. The number of rotatable bonds is 3. The Labute approximate surface area is 151 Å². The molecule has 0 radical (unpaired) electrons. The van der Waals surface area contributed by atoms with Crippen LogP contribution in [0.2, 0.25) is 0 Å². The van der Waals surface area contributed by atoms with E-state index in [-0.39, 0.29) is 29.1 Å². The molecule has 3 heterocycles. The van der Waals surface area contributed by atoms with Crippen LogP contribution >= 0.6 is 11.8 Å². The molecule has 10 heteroatoms. The predicted octanol–water partition coefficient (Wildman–Crippen LogP) is -0.366. The molecule has 0 saturated carbocycles. The first-order valence-electron chi connectivity index (χ1n) is 8.43. The Morgan fingerprint density at radius 3 is 2.84 bits per heavy atom. The fourth-order valence-corrected chi connectivity index (χ4v) is 4.22. The lowest BCUT2D eigenvalue weighted by Crippen LogP contribution is -2.62. The van der Waals surface area contributed by atoms with E-state index < -0.39 is 0 Å². The zero-order valence-electron chi connectivity index (χ0n) is 14.7. The third-order valence-corrected chi connectivity index (χ3v) is 6.13. The second kappa shape index (κ2) is 7.20. The van der Waals surface area contributed by atoms with Gasteiger partial charge in [-0.25, -0.2) is 5.10 Å². The number of carbonyl (C=O) groups is 2. The van der Waals surface area contributed by atoms with Crippen LogP contribution in [0.15, 0.2) is 5.16 Å². The van der Waals surface area contributed by atoms with Crippen LogP contribution in [0.3, 0.4) is 0 Å². The van der Waals surface area contributed by atoms with E-state index in [4.69, 9.17) is 5.73 Å².